The summed E-state index contributed by atoms with van der Waals surface area (Å²) in [6, 6.07) is 2.88. The van der Waals surface area contributed by atoms with E-state index >= 15 is 0 Å². The van der Waals surface area contributed by atoms with Crippen LogP contribution in [0.25, 0.3) is 0 Å². The number of likely N-dealkylation sites (tertiary alicyclic amines) is 1. The molecule has 0 saturated carbocycles. The second kappa shape index (κ2) is 6.07. The van der Waals surface area contributed by atoms with Crippen LogP contribution in [0.3, 0.4) is 0 Å². The van der Waals surface area contributed by atoms with Gasteiger partial charge in [0.25, 0.3) is 5.91 Å². The van der Waals surface area contributed by atoms with Gasteiger partial charge in [-0.15, -0.1) is 0 Å². The van der Waals surface area contributed by atoms with E-state index in [1.54, 1.807) is 0 Å². The average molecular weight is 323 g/mol. The maximum atomic E-state index is 12.8. The summed E-state index contributed by atoms with van der Waals surface area (Å²) in [5.74, 6) is 3.28. The number of piperidine rings is 1. The minimum Gasteiger partial charge on any atom is -0.337 e. The zero-order valence-corrected chi connectivity index (χ0v) is 11.7. The maximum absolute atomic E-state index is 12.8. The zero-order valence-electron chi connectivity index (χ0n) is 11.0. The number of carbonyl (C=O) groups is 1. The predicted octanol–water partition coefficient (Wildman–Crippen LogP) is 2.44. The third kappa shape index (κ3) is 3.56. The number of aromatic nitrogens is 1. The third-order valence-electron chi connectivity index (χ3n) is 3.37. The Balaban J connectivity index is 2.20. The highest BCUT2D eigenvalue weighted by Gasteiger charge is 2.43. The van der Waals surface area contributed by atoms with E-state index in [2.05, 4.69) is 10.4 Å². The summed E-state index contributed by atoms with van der Waals surface area (Å²) in [7, 11) is 0. The summed E-state index contributed by atoms with van der Waals surface area (Å²) in [4.78, 5) is 17.4. The van der Waals surface area contributed by atoms with E-state index in [1.165, 1.54) is 12.1 Å². The molecule has 21 heavy (non-hydrogen) atoms. The van der Waals surface area contributed by atoms with E-state index in [4.69, 9.17) is 17.4 Å². The topological polar surface area (TPSA) is 71.2 Å². The molecule has 1 aromatic rings. The third-order valence-corrected chi connectivity index (χ3v) is 3.67. The lowest BCUT2D eigenvalue weighted by atomic mass is 9.97. The van der Waals surface area contributed by atoms with Crippen molar-refractivity contribution in [3.63, 3.8) is 0 Å². The Morgan fingerprint density at radius 1 is 1.48 bits per heavy atom. The molecule has 9 heteroatoms. The van der Waals surface area contributed by atoms with Crippen molar-refractivity contribution in [3.8, 4) is 0 Å². The number of pyridine rings is 1. The number of alkyl halides is 3. The molecule has 1 fully saturated rings. The van der Waals surface area contributed by atoms with Crippen LogP contribution >= 0.6 is 11.6 Å². The normalized spacial score (nSPS) is 19.5. The fourth-order valence-electron chi connectivity index (χ4n) is 2.25. The molecule has 1 aromatic heterocycles. The highest BCUT2D eigenvalue weighted by atomic mass is 35.5. The molecule has 0 bridgehead atoms. The summed E-state index contributed by atoms with van der Waals surface area (Å²) in [5, 5.41) is 0.0770. The monoisotopic (exact) mass is 322 g/mol. The highest BCUT2D eigenvalue weighted by Crippen LogP contribution is 2.33. The lowest BCUT2D eigenvalue weighted by Gasteiger charge is -2.33. The second-order valence-corrected chi connectivity index (χ2v) is 5.21. The molecule has 1 amide bonds. The molecule has 1 atom stereocenters. The van der Waals surface area contributed by atoms with Crippen LogP contribution in [0.15, 0.2) is 12.1 Å². The number of nitrogens with zero attached hydrogens (tertiary/aromatic N) is 2. The van der Waals surface area contributed by atoms with Gasteiger partial charge in [-0.3, -0.25) is 4.79 Å². The van der Waals surface area contributed by atoms with Gasteiger partial charge in [-0.05, 0) is 25.0 Å². The first-order chi connectivity index (χ1) is 9.82. The molecular formula is C12H14ClF3N4O. The summed E-state index contributed by atoms with van der Waals surface area (Å²) in [6.45, 7) is -0.121. The number of nitrogens with two attached hydrogens (primary N) is 1. The molecular weight excluding hydrogens is 309 g/mol. The Labute approximate surface area is 124 Å². The van der Waals surface area contributed by atoms with Gasteiger partial charge in [0.15, 0.2) is 0 Å². The summed E-state index contributed by atoms with van der Waals surface area (Å²) in [5.41, 5.74) is 2.16. The van der Waals surface area contributed by atoms with Gasteiger partial charge in [0, 0.05) is 13.1 Å². The minimum atomic E-state index is -4.31. The number of hydrogen-bond acceptors (Lipinski definition) is 4. The fraction of sp³-hybridized carbons (Fsp3) is 0.500. The van der Waals surface area contributed by atoms with E-state index in [0.717, 1.165) is 4.90 Å². The average Bonchev–Trinajstić information content (AvgIpc) is 2.46. The quantitative estimate of drug-likeness (QED) is 0.648. The van der Waals surface area contributed by atoms with Crippen LogP contribution in [0.2, 0.25) is 5.02 Å². The Morgan fingerprint density at radius 3 is 2.81 bits per heavy atom. The van der Waals surface area contributed by atoms with Crippen molar-refractivity contribution < 1.29 is 18.0 Å². The Morgan fingerprint density at radius 2 is 2.19 bits per heavy atom. The van der Waals surface area contributed by atoms with Crippen LogP contribution in [0, 0.1) is 5.92 Å². The summed E-state index contributed by atoms with van der Waals surface area (Å²) >= 11 is 5.89. The standard InChI is InChI=1S/C12H14ClF3N4O/c13-8-3-4-9(19-17)18-10(8)11(21)20-5-1-2-7(6-20)12(14,15)16/h3-4,7H,1-2,5-6,17H2,(H,18,19). The van der Waals surface area contributed by atoms with Crippen molar-refractivity contribution in [1.29, 1.82) is 0 Å². The van der Waals surface area contributed by atoms with E-state index in [9.17, 15) is 18.0 Å². The lowest BCUT2D eigenvalue weighted by Crippen LogP contribution is -2.44. The smallest absolute Gasteiger partial charge is 0.337 e. The molecule has 2 rings (SSSR count). The van der Waals surface area contributed by atoms with Crippen molar-refractivity contribution in [3.05, 3.63) is 22.8 Å². The molecule has 1 unspecified atom stereocenters. The largest absolute Gasteiger partial charge is 0.393 e. The van der Waals surface area contributed by atoms with Crippen molar-refractivity contribution in [2.75, 3.05) is 18.5 Å². The molecule has 2 heterocycles. The van der Waals surface area contributed by atoms with E-state index in [0.29, 0.717) is 6.42 Å². The number of rotatable bonds is 2. The number of halogens is 4. The predicted molar refractivity (Wildman–Crippen MR) is 71.7 cm³/mol. The van der Waals surface area contributed by atoms with E-state index in [1.807, 2.05) is 0 Å². The molecule has 1 saturated heterocycles. The number of nitrogen functional groups attached to an aromatic ring is 1. The molecule has 0 aliphatic carbocycles. The van der Waals surface area contributed by atoms with Gasteiger partial charge in [0.05, 0.1) is 10.9 Å². The first-order valence-electron chi connectivity index (χ1n) is 6.32. The van der Waals surface area contributed by atoms with Crippen LogP contribution in [-0.2, 0) is 0 Å². The first kappa shape index (κ1) is 15.8. The van der Waals surface area contributed by atoms with Gasteiger partial charge in [0.1, 0.15) is 11.5 Å². The molecule has 116 valence electrons. The second-order valence-electron chi connectivity index (χ2n) is 4.80. The minimum absolute atomic E-state index is 0.0266. The maximum Gasteiger partial charge on any atom is 0.393 e. The number of carbonyl (C=O) groups excluding carboxylic acids is 1. The first-order valence-corrected chi connectivity index (χ1v) is 6.70. The van der Waals surface area contributed by atoms with Crippen molar-refractivity contribution >= 4 is 23.3 Å². The fourth-order valence-corrected chi connectivity index (χ4v) is 2.44. The number of nitrogens with one attached hydrogen (secondary N) is 1. The van der Waals surface area contributed by atoms with Gasteiger partial charge >= 0.3 is 6.18 Å². The molecule has 0 spiro atoms. The Hall–Kier alpha value is -1.54. The molecule has 0 aromatic carbocycles. The van der Waals surface area contributed by atoms with Crippen LogP contribution in [0.1, 0.15) is 23.3 Å². The summed E-state index contributed by atoms with van der Waals surface area (Å²) < 4.78 is 38.3. The SMILES string of the molecule is NNc1ccc(Cl)c(C(=O)N2CCCC(C(F)(F)F)C2)n1. The molecule has 5 nitrogen and oxygen atoms in total. The van der Waals surface area contributed by atoms with Gasteiger partial charge in [0.2, 0.25) is 0 Å². The van der Waals surface area contributed by atoms with Gasteiger partial charge in [-0.1, -0.05) is 11.6 Å². The molecule has 3 N–H and O–H groups in total. The zero-order chi connectivity index (χ0) is 15.6. The molecule has 0 radical (unpaired) electrons. The van der Waals surface area contributed by atoms with Gasteiger partial charge in [-0.25, -0.2) is 10.8 Å². The number of hydrazine groups is 1. The Bertz CT molecular complexity index is 538. The van der Waals surface area contributed by atoms with E-state index < -0.39 is 18.0 Å². The number of anilines is 1. The number of hydrogen-bond donors (Lipinski definition) is 2. The highest BCUT2D eigenvalue weighted by molar-refractivity contribution is 6.33. The van der Waals surface area contributed by atoms with Crippen molar-refractivity contribution in [2.24, 2.45) is 11.8 Å². The van der Waals surface area contributed by atoms with Crippen molar-refractivity contribution in [1.82, 2.24) is 9.88 Å². The van der Waals surface area contributed by atoms with Crippen LogP contribution in [0.4, 0.5) is 19.0 Å². The van der Waals surface area contributed by atoms with Crippen molar-refractivity contribution in [2.45, 2.75) is 19.0 Å². The van der Waals surface area contributed by atoms with Gasteiger partial charge < -0.3 is 10.3 Å². The van der Waals surface area contributed by atoms with E-state index in [-0.39, 0.29) is 36.0 Å². The van der Waals surface area contributed by atoms with Crippen LogP contribution in [-0.4, -0.2) is 35.1 Å². The number of amides is 1. The summed E-state index contributed by atoms with van der Waals surface area (Å²) in [6.07, 6.45) is -3.99. The van der Waals surface area contributed by atoms with Crippen LogP contribution < -0.4 is 11.3 Å². The van der Waals surface area contributed by atoms with Crippen LogP contribution in [0.5, 0.6) is 0 Å². The van der Waals surface area contributed by atoms with Gasteiger partial charge in [-0.2, -0.15) is 13.2 Å². The molecule has 1 aliphatic heterocycles. The Kier molecular flexibility index (Phi) is 4.58. The lowest BCUT2D eigenvalue weighted by molar-refractivity contribution is -0.184. The molecule has 1 aliphatic rings.